The standard InChI is InChI=1S/C21H27NO3/c1-15(2)13-17-5-7-18(8-6-17)16(3)22-21(23)14-25-20-11-9-19(24-4)10-12-20/h5-12,15-16H,13-14H2,1-4H3,(H,22,23)/t16-/m0/s1. The molecular weight excluding hydrogens is 314 g/mol. The third-order valence-corrected chi connectivity index (χ3v) is 3.93. The van der Waals surface area contributed by atoms with Crippen LogP contribution in [0.15, 0.2) is 48.5 Å². The van der Waals surface area contributed by atoms with Crippen molar-refractivity contribution in [2.45, 2.75) is 33.2 Å². The van der Waals surface area contributed by atoms with Crippen LogP contribution in [-0.2, 0) is 11.2 Å². The van der Waals surface area contributed by atoms with Crippen LogP contribution in [0, 0.1) is 5.92 Å². The molecule has 1 atom stereocenters. The molecule has 0 aliphatic carbocycles. The SMILES string of the molecule is COc1ccc(OCC(=O)N[C@@H](C)c2ccc(CC(C)C)cc2)cc1. The molecular formula is C21H27NO3. The van der Waals surface area contributed by atoms with Crippen molar-refractivity contribution in [2.75, 3.05) is 13.7 Å². The number of benzene rings is 2. The van der Waals surface area contributed by atoms with Crippen molar-refractivity contribution < 1.29 is 14.3 Å². The fourth-order valence-corrected chi connectivity index (χ4v) is 2.60. The number of hydrogen-bond acceptors (Lipinski definition) is 3. The second-order valence-electron chi connectivity index (χ2n) is 6.59. The van der Waals surface area contributed by atoms with Crippen LogP contribution in [0.1, 0.15) is 37.9 Å². The fraction of sp³-hybridized carbons (Fsp3) is 0.381. The molecule has 0 aliphatic rings. The molecule has 0 unspecified atom stereocenters. The summed E-state index contributed by atoms with van der Waals surface area (Å²) >= 11 is 0. The van der Waals surface area contributed by atoms with E-state index in [2.05, 4.69) is 43.4 Å². The maximum absolute atomic E-state index is 12.1. The zero-order valence-corrected chi connectivity index (χ0v) is 15.4. The van der Waals surface area contributed by atoms with Crippen molar-refractivity contribution in [3.8, 4) is 11.5 Å². The molecule has 25 heavy (non-hydrogen) atoms. The molecule has 0 aromatic heterocycles. The number of amides is 1. The quantitative estimate of drug-likeness (QED) is 0.784. The van der Waals surface area contributed by atoms with E-state index in [9.17, 15) is 4.79 Å². The van der Waals surface area contributed by atoms with Gasteiger partial charge in [-0.3, -0.25) is 4.79 Å². The van der Waals surface area contributed by atoms with Crippen molar-refractivity contribution in [1.29, 1.82) is 0 Å². The van der Waals surface area contributed by atoms with E-state index in [-0.39, 0.29) is 18.6 Å². The summed E-state index contributed by atoms with van der Waals surface area (Å²) in [5, 5.41) is 2.96. The molecule has 0 fully saturated rings. The normalized spacial score (nSPS) is 11.9. The molecule has 4 heteroatoms. The van der Waals surface area contributed by atoms with Gasteiger partial charge in [-0.2, -0.15) is 0 Å². The van der Waals surface area contributed by atoms with Gasteiger partial charge in [0.15, 0.2) is 6.61 Å². The third kappa shape index (κ3) is 6.14. The summed E-state index contributed by atoms with van der Waals surface area (Å²) in [7, 11) is 1.61. The Balaban J connectivity index is 1.82. The first kappa shape index (κ1) is 18.8. The lowest BCUT2D eigenvalue weighted by atomic mass is 10.00. The Kier molecular flexibility index (Phi) is 6.87. The van der Waals surface area contributed by atoms with Gasteiger partial charge in [-0.05, 0) is 54.7 Å². The number of hydrogen-bond donors (Lipinski definition) is 1. The average Bonchev–Trinajstić information content (AvgIpc) is 2.60. The van der Waals surface area contributed by atoms with Gasteiger partial charge < -0.3 is 14.8 Å². The summed E-state index contributed by atoms with van der Waals surface area (Å²) in [6.45, 7) is 6.38. The van der Waals surface area contributed by atoms with E-state index in [1.165, 1.54) is 5.56 Å². The van der Waals surface area contributed by atoms with Crippen molar-refractivity contribution in [1.82, 2.24) is 5.32 Å². The van der Waals surface area contributed by atoms with Crippen LogP contribution in [-0.4, -0.2) is 19.6 Å². The van der Waals surface area contributed by atoms with Crippen LogP contribution in [0.5, 0.6) is 11.5 Å². The van der Waals surface area contributed by atoms with E-state index < -0.39 is 0 Å². The predicted octanol–water partition coefficient (Wildman–Crippen LogP) is 4.15. The van der Waals surface area contributed by atoms with Crippen LogP contribution in [0.4, 0.5) is 0 Å². The molecule has 0 bridgehead atoms. The fourth-order valence-electron chi connectivity index (χ4n) is 2.60. The highest BCUT2D eigenvalue weighted by Crippen LogP contribution is 2.18. The molecule has 2 rings (SSSR count). The summed E-state index contributed by atoms with van der Waals surface area (Å²) in [5.74, 6) is 1.89. The number of rotatable bonds is 8. The van der Waals surface area contributed by atoms with Crippen molar-refractivity contribution in [2.24, 2.45) is 5.92 Å². The summed E-state index contributed by atoms with van der Waals surface area (Å²) < 4.78 is 10.6. The Morgan fingerprint density at radius 2 is 1.56 bits per heavy atom. The molecule has 2 aromatic carbocycles. The zero-order chi connectivity index (χ0) is 18.2. The van der Waals surface area contributed by atoms with Gasteiger partial charge in [0.05, 0.1) is 13.2 Å². The second-order valence-corrected chi connectivity index (χ2v) is 6.59. The summed E-state index contributed by atoms with van der Waals surface area (Å²) in [4.78, 5) is 12.1. The monoisotopic (exact) mass is 341 g/mol. The van der Waals surface area contributed by atoms with Gasteiger partial charge in [-0.15, -0.1) is 0 Å². The third-order valence-electron chi connectivity index (χ3n) is 3.93. The Bertz CT molecular complexity index is 663. The molecule has 0 aliphatic heterocycles. The number of carbonyl (C=O) groups is 1. The Labute approximate surface area is 150 Å². The molecule has 1 N–H and O–H groups in total. The van der Waals surface area contributed by atoms with E-state index >= 15 is 0 Å². The molecule has 2 aromatic rings. The first-order valence-electron chi connectivity index (χ1n) is 8.63. The molecule has 0 spiro atoms. The molecule has 0 heterocycles. The highest BCUT2D eigenvalue weighted by Gasteiger charge is 2.10. The second kappa shape index (κ2) is 9.11. The largest absolute Gasteiger partial charge is 0.497 e. The van der Waals surface area contributed by atoms with Crippen molar-refractivity contribution in [3.63, 3.8) is 0 Å². The number of nitrogens with one attached hydrogen (secondary N) is 1. The van der Waals surface area contributed by atoms with Crippen LogP contribution in [0.25, 0.3) is 0 Å². The molecule has 4 nitrogen and oxygen atoms in total. The maximum Gasteiger partial charge on any atom is 0.258 e. The van der Waals surface area contributed by atoms with Gasteiger partial charge in [0.25, 0.3) is 5.91 Å². The summed E-state index contributed by atoms with van der Waals surface area (Å²) in [6.07, 6.45) is 1.07. The van der Waals surface area contributed by atoms with Gasteiger partial charge in [0, 0.05) is 0 Å². The van der Waals surface area contributed by atoms with E-state index in [1.807, 2.05) is 6.92 Å². The molecule has 0 saturated heterocycles. The lowest BCUT2D eigenvalue weighted by Crippen LogP contribution is -2.31. The highest BCUT2D eigenvalue weighted by atomic mass is 16.5. The molecule has 134 valence electrons. The first-order chi connectivity index (χ1) is 12.0. The van der Waals surface area contributed by atoms with Crippen LogP contribution < -0.4 is 14.8 Å². The van der Waals surface area contributed by atoms with Gasteiger partial charge in [0.2, 0.25) is 0 Å². The number of ether oxygens (including phenoxy) is 2. The molecule has 0 saturated carbocycles. The summed E-state index contributed by atoms with van der Waals surface area (Å²) in [5.41, 5.74) is 2.41. The lowest BCUT2D eigenvalue weighted by molar-refractivity contribution is -0.123. The Morgan fingerprint density at radius 1 is 0.960 bits per heavy atom. The predicted molar refractivity (Wildman–Crippen MR) is 100 cm³/mol. The van der Waals surface area contributed by atoms with Gasteiger partial charge in [-0.1, -0.05) is 38.1 Å². The molecule has 0 radical (unpaired) electrons. The van der Waals surface area contributed by atoms with Crippen LogP contribution in [0.3, 0.4) is 0 Å². The number of carbonyl (C=O) groups excluding carboxylic acids is 1. The van der Waals surface area contributed by atoms with E-state index in [0.29, 0.717) is 11.7 Å². The van der Waals surface area contributed by atoms with Crippen molar-refractivity contribution >= 4 is 5.91 Å². The zero-order valence-electron chi connectivity index (χ0n) is 15.4. The Hall–Kier alpha value is -2.49. The van der Waals surface area contributed by atoms with Gasteiger partial charge in [-0.25, -0.2) is 0 Å². The lowest BCUT2D eigenvalue weighted by Gasteiger charge is -2.15. The highest BCUT2D eigenvalue weighted by molar-refractivity contribution is 5.78. The minimum Gasteiger partial charge on any atom is -0.497 e. The summed E-state index contributed by atoms with van der Waals surface area (Å²) in [6, 6.07) is 15.5. The topological polar surface area (TPSA) is 47.6 Å². The van der Waals surface area contributed by atoms with E-state index in [1.54, 1.807) is 31.4 Å². The minimum atomic E-state index is -0.144. The molecule has 1 amide bonds. The van der Waals surface area contributed by atoms with E-state index in [0.717, 1.165) is 17.7 Å². The van der Waals surface area contributed by atoms with Crippen LogP contribution >= 0.6 is 0 Å². The first-order valence-corrected chi connectivity index (χ1v) is 8.63. The van der Waals surface area contributed by atoms with Crippen molar-refractivity contribution in [3.05, 3.63) is 59.7 Å². The number of methoxy groups -OCH3 is 1. The van der Waals surface area contributed by atoms with E-state index in [4.69, 9.17) is 9.47 Å². The van der Waals surface area contributed by atoms with Gasteiger partial charge >= 0.3 is 0 Å². The Morgan fingerprint density at radius 3 is 2.12 bits per heavy atom. The average molecular weight is 341 g/mol. The van der Waals surface area contributed by atoms with Gasteiger partial charge in [0.1, 0.15) is 11.5 Å². The maximum atomic E-state index is 12.1. The minimum absolute atomic E-state index is 0.0118. The van der Waals surface area contributed by atoms with Crippen LogP contribution in [0.2, 0.25) is 0 Å². The smallest absolute Gasteiger partial charge is 0.258 e.